The summed E-state index contributed by atoms with van der Waals surface area (Å²) in [5, 5.41) is 7.02. The molecule has 0 aliphatic rings. The summed E-state index contributed by atoms with van der Waals surface area (Å²) in [6.07, 6.45) is -0.610. The number of aryl methyl sites for hydroxylation is 1. The molecule has 0 saturated carbocycles. The number of amides is 1. The van der Waals surface area contributed by atoms with Gasteiger partial charge < -0.3 is 14.2 Å². The number of ether oxygens (including phenoxy) is 3. The number of hydrogen-bond donors (Lipinski definition) is 1. The van der Waals surface area contributed by atoms with Crippen molar-refractivity contribution < 1.29 is 23.4 Å². The first-order valence-electron chi connectivity index (χ1n) is 10.4. The maximum Gasteiger partial charge on any atom is 0.411 e. The Morgan fingerprint density at radius 1 is 1.06 bits per heavy atom. The summed E-state index contributed by atoms with van der Waals surface area (Å²) < 4.78 is 30.4. The lowest BCUT2D eigenvalue weighted by Gasteiger charge is -2.10. The zero-order chi connectivity index (χ0) is 23.6. The summed E-state index contributed by atoms with van der Waals surface area (Å²) in [5.74, 6) is -0.334. The predicted molar refractivity (Wildman–Crippen MR) is 122 cm³/mol. The third kappa shape index (κ3) is 7.23. The molecule has 0 spiro atoms. The van der Waals surface area contributed by atoms with E-state index < -0.39 is 6.09 Å². The van der Waals surface area contributed by atoms with Crippen molar-refractivity contribution in [3.8, 4) is 11.3 Å². The fraction of sp³-hybridized carbons (Fsp3) is 0.292. The number of anilines is 1. The van der Waals surface area contributed by atoms with Gasteiger partial charge in [0, 0.05) is 24.4 Å². The molecule has 0 aliphatic carbocycles. The second kappa shape index (κ2) is 11.9. The van der Waals surface area contributed by atoms with Crippen LogP contribution in [-0.2, 0) is 20.8 Å². The molecule has 2 aromatic carbocycles. The summed E-state index contributed by atoms with van der Waals surface area (Å²) in [6, 6.07) is 14.8. The first kappa shape index (κ1) is 24.1. The Labute approximate surface area is 190 Å². The molecule has 3 rings (SSSR count). The number of rotatable bonds is 10. The molecule has 1 amide bonds. The normalized spacial score (nSPS) is 10.8. The number of nitrogens with zero attached hydrogens (tertiary/aromatic N) is 2. The average molecular weight is 455 g/mol. The van der Waals surface area contributed by atoms with Gasteiger partial charge in [-0.15, -0.1) is 0 Å². The van der Waals surface area contributed by atoms with Gasteiger partial charge in [0.15, 0.2) is 0 Å². The van der Waals surface area contributed by atoms with E-state index in [0.29, 0.717) is 35.7 Å². The Balaban J connectivity index is 1.63. The van der Waals surface area contributed by atoms with Gasteiger partial charge in [0.1, 0.15) is 12.4 Å². The van der Waals surface area contributed by atoms with Gasteiger partial charge in [-0.2, -0.15) is 5.10 Å². The Hall–Kier alpha value is -3.56. The second-order valence-electron chi connectivity index (χ2n) is 7.24. The van der Waals surface area contributed by atoms with Gasteiger partial charge >= 0.3 is 6.09 Å². The molecule has 0 atom stereocenters. The van der Waals surface area contributed by atoms with Crippen LogP contribution in [0.25, 0.3) is 11.3 Å². The fourth-order valence-corrected chi connectivity index (χ4v) is 2.98. The predicted octanol–water partition coefficient (Wildman–Crippen LogP) is 3.62. The summed E-state index contributed by atoms with van der Waals surface area (Å²) in [6.45, 7) is 3.15. The van der Waals surface area contributed by atoms with E-state index in [-0.39, 0.29) is 31.1 Å². The van der Waals surface area contributed by atoms with Gasteiger partial charge in [-0.3, -0.25) is 10.1 Å². The van der Waals surface area contributed by atoms with Crippen LogP contribution < -0.4 is 10.9 Å². The van der Waals surface area contributed by atoms with E-state index >= 15 is 0 Å². The summed E-state index contributed by atoms with van der Waals surface area (Å²) >= 11 is 0. The highest BCUT2D eigenvalue weighted by molar-refractivity contribution is 5.84. The van der Waals surface area contributed by atoms with Crippen molar-refractivity contribution >= 4 is 11.8 Å². The molecule has 1 N–H and O–H groups in total. The van der Waals surface area contributed by atoms with Crippen LogP contribution in [0.4, 0.5) is 14.9 Å². The summed E-state index contributed by atoms with van der Waals surface area (Å²) in [7, 11) is 1.58. The molecule has 0 bridgehead atoms. The van der Waals surface area contributed by atoms with E-state index in [1.54, 1.807) is 50.4 Å². The van der Waals surface area contributed by atoms with Crippen LogP contribution >= 0.6 is 0 Å². The van der Waals surface area contributed by atoms with E-state index in [0.717, 1.165) is 5.56 Å². The monoisotopic (exact) mass is 455 g/mol. The first-order valence-corrected chi connectivity index (χ1v) is 10.4. The molecular formula is C24H26FN3O5. The van der Waals surface area contributed by atoms with Crippen molar-refractivity contribution in [3.63, 3.8) is 0 Å². The quantitative estimate of drug-likeness (QED) is 0.470. The van der Waals surface area contributed by atoms with E-state index in [1.165, 1.54) is 16.8 Å². The molecule has 8 nitrogen and oxygen atoms in total. The number of nitrogens with one attached hydrogen (secondary N) is 1. The molecule has 0 saturated heterocycles. The van der Waals surface area contributed by atoms with E-state index in [4.69, 9.17) is 14.2 Å². The number of hydrogen-bond acceptors (Lipinski definition) is 6. The second-order valence-corrected chi connectivity index (χ2v) is 7.24. The van der Waals surface area contributed by atoms with Crippen LogP contribution in [0, 0.1) is 12.7 Å². The maximum absolute atomic E-state index is 13.9. The molecule has 0 radical (unpaired) electrons. The number of halogens is 1. The minimum absolute atomic E-state index is 0.112. The molecule has 3 aromatic rings. The van der Waals surface area contributed by atoms with Crippen molar-refractivity contribution in [3.05, 3.63) is 81.9 Å². The molecular weight excluding hydrogens is 429 g/mol. The number of carbonyl (C=O) groups is 1. The van der Waals surface area contributed by atoms with Gasteiger partial charge in [0.25, 0.3) is 5.56 Å². The van der Waals surface area contributed by atoms with Gasteiger partial charge in [-0.25, -0.2) is 13.9 Å². The van der Waals surface area contributed by atoms with Crippen molar-refractivity contribution in [1.82, 2.24) is 9.78 Å². The summed E-state index contributed by atoms with van der Waals surface area (Å²) in [4.78, 5) is 24.3. The molecule has 33 heavy (non-hydrogen) atoms. The highest BCUT2D eigenvalue weighted by Crippen LogP contribution is 2.19. The van der Waals surface area contributed by atoms with Crippen LogP contribution in [0.3, 0.4) is 0 Å². The molecule has 1 heterocycles. The number of carbonyl (C=O) groups excluding carboxylic acids is 1. The Morgan fingerprint density at radius 2 is 1.88 bits per heavy atom. The van der Waals surface area contributed by atoms with Crippen LogP contribution in [0.15, 0.2) is 59.4 Å². The highest BCUT2D eigenvalue weighted by atomic mass is 19.1. The summed E-state index contributed by atoms with van der Waals surface area (Å²) in [5.41, 5.74) is 2.57. The van der Waals surface area contributed by atoms with Crippen molar-refractivity contribution in [1.29, 1.82) is 0 Å². The minimum Gasteiger partial charge on any atom is -0.447 e. The van der Waals surface area contributed by atoms with Gasteiger partial charge in [-0.1, -0.05) is 24.3 Å². The lowest BCUT2D eigenvalue weighted by atomic mass is 10.1. The molecule has 0 aliphatic heterocycles. The zero-order valence-corrected chi connectivity index (χ0v) is 18.5. The van der Waals surface area contributed by atoms with Crippen LogP contribution in [0.1, 0.15) is 11.1 Å². The molecule has 174 valence electrons. The Morgan fingerprint density at radius 3 is 2.67 bits per heavy atom. The van der Waals surface area contributed by atoms with E-state index in [9.17, 15) is 14.0 Å². The average Bonchev–Trinajstić information content (AvgIpc) is 2.80. The Kier molecular flexibility index (Phi) is 8.68. The van der Waals surface area contributed by atoms with Gasteiger partial charge in [-0.05, 0) is 42.3 Å². The largest absolute Gasteiger partial charge is 0.447 e. The molecule has 9 heteroatoms. The van der Waals surface area contributed by atoms with E-state index in [2.05, 4.69) is 10.4 Å². The van der Waals surface area contributed by atoms with Crippen molar-refractivity contribution in [2.75, 3.05) is 38.9 Å². The van der Waals surface area contributed by atoms with E-state index in [1.807, 2.05) is 6.07 Å². The zero-order valence-electron chi connectivity index (χ0n) is 18.5. The topological polar surface area (TPSA) is 91.7 Å². The number of methoxy groups -OCH3 is 1. The van der Waals surface area contributed by atoms with Crippen LogP contribution in [-0.4, -0.2) is 49.4 Å². The van der Waals surface area contributed by atoms with Crippen molar-refractivity contribution in [2.45, 2.75) is 13.5 Å². The SMILES string of the molecule is COCCOCCOC(=O)Nc1cccc(Cn2nc(-c3ccc(C)c(F)c3)ccc2=O)c1. The molecule has 0 fully saturated rings. The first-order chi connectivity index (χ1) is 16.0. The smallest absolute Gasteiger partial charge is 0.411 e. The van der Waals surface area contributed by atoms with Gasteiger partial charge in [0.05, 0.1) is 32.1 Å². The lowest BCUT2D eigenvalue weighted by Crippen LogP contribution is -2.23. The standard InChI is InChI=1S/C24H26FN3O5/c1-17-6-7-19(15-21(17)25)22-8-9-23(29)28(27-22)16-18-4-3-5-20(14-18)26-24(30)33-13-12-32-11-10-31-2/h3-9,14-15H,10-13,16H2,1-2H3,(H,26,30). The number of benzene rings is 2. The van der Waals surface area contributed by atoms with Crippen LogP contribution in [0.5, 0.6) is 0 Å². The van der Waals surface area contributed by atoms with Crippen molar-refractivity contribution in [2.24, 2.45) is 0 Å². The minimum atomic E-state index is -0.610. The fourth-order valence-electron chi connectivity index (χ4n) is 2.98. The lowest BCUT2D eigenvalue weighted by molar-refractivity contribution is 0.0447. The third-order valence-electron chi connectivity index (χ3n) is 4.73. The highest BCUT2D eigenvalue weighted by Gasteiger charge is 2.08. The molecule has 1 aromatic heterocycles. The number of aromatic nitrogens is 2. The maximum atomic E-state index is 13.9. The van der Waals surface area contributed by atoms with Gasteiger partial charge in [0.2, 0.25) is 0 Å². The Bertz CT molecular complexity index is 1150. The van der Waals surface area contributed by atoms with Crippen LogP contribution in [0.2, 0.25) is 0 Å². The third-order valence-corrected chi connectivity index (χ3v) is 4.73. The molecule has 0 unspecified atom stereocenters.